The molecule has 0 spiro atoms. The third-order valence-corrected chi connectivity index (χ3v) is 6.07. The predicted molar refractivity (Wildman–Crippen MR) is 118 cm³/mol. The van der Waals surface area contributed by atoms with Crippen molar-refractivity contribution in [3.05, 3.63) is 77.4 Å². The second-order valence-electron chi connectivity index (χ2n) is 7.48. The van der Waals surface area contributed by atoms with E-state index in [0.717, 1.165) is 33.7 Å². The molecule has 3 aromatic rings. The summed E-state index contributed by atoms with van der Waals surface area (Å²) < 4.78 is 26.1. The van der Waals surface area contributed by atoms with Crippen LogP contribution in [-0.4, -0.2) is 26.6 Å². The SMILES string of the molecule is Cc1cc(C)cc(N([C@@H](C)C(=O)NCc2ccc3ccccc3c2)S(C)(=O)=O)c1. The molecule has 3 aromatic carbocycles. The summed E-state index contributed by atoms with van der Waals surface area (Å²) in [4.78, 5) is 12.8. The Morgan fingerprint density at radius 3 is 2.21 bits per heavy atom. The fraction of sp³-hybridized carbons (Fsp3) is 0.261. The van der Waals surface area contributed by atoms with Crippen LogP contribution in [0.25, 0.3) is 10.8 Å². The van der Waals surface area contributed by atoms with Crippen molar-refractivity contribution < 1.29 is 13.2 Å². The largest absolute Gasteiger partial charge is 0.350 e. The summed E-state index contributed by atoms with van der Waals surface area (Å²) in [6.45, 7) is 5.75. The third kappa shape index (κ3) is 4.95. The number of carbonyl (C=O) groups is 1. The number of hydrogen-bond acceptors (Lipinski definition) is 3. The Labute approximate surface area is 172 Å². The molecule has 0 unspecified atom stereocenters. The summed E-state index contributed by atoms with van der Waals surface area (Å²) in [5.41, 5.74) is 3.34. The van der Waals surface area contributed by atoms with E-state index < -0.39 is 16.1 Å². The van der Waals surface area contributed by atoms with Crippen molar-refractivity contribution in [2.45, 2.75) is 33.4 Å². The van der Waals surface area contributed by atoms with Crippen molar-refractivity contribution in [1.29, 1.82) is 0 Å². The van der Waals surface area contributed by atoms with Gasteiger partial charge in [-0.1, -0.05) is 42.5 Å². The highest BCUT2D eigenvalue weighted by atomic mass is 32.2. The molecule has 1 N–H and O–H groups in total. The summed E-state index contributed by atoms with van der Waals surface area (Å²) in [5, 5.41) is 5.10. The van der Waals surface area contributed by atoms with Crippen LogP contribution in [0.4, 0.5) is 5.69 Å². The zero-order valence-electron chi connectivity index (χ0n) is 17.1. The predicted octanol–water partition coefficient (Wildman–Crippen LogP) is 3.93. The van der Waals surface area contributed by atoms with Gasteiger partial charge < -0.3 is 5.32 Å². The lowest BCUT2D eigenvalue weighted by atomic mass is 10.1. The molecule has 5 nitrogen and oxygen atoms in total. The summed E-state index contributed by atoms with van der Waals surface area (Å²) in [5.74, 6) is -0.345. The van der Waals surface area contributed by atoms with Crippen LogP contribution in [0, 0.1) is 13.8 Å². The molecule has 0 aliphatic heterocycles. The van der Waals surface area contributed by atoms with Crippen LogP contribution in [0.3, 0.4) is 0 Å². The maximum Gasteiger partial charge on any atom is 0.243 e. The van der Waals surface area contributed by atoms with Crippen LogP contribution in [0.2, 0.25) is 0 Å². The molecule has 0 aliphatic rings. The van der Waals surface area contributed by atoms with Crippen LogP contribution in [0.5, 0.6) is 0 Å². The summed E-state index contributed by atoms with van der Waals surface area (Å²) in [7, 11) is -3.64. The smallest absolute Gasteiger partial charge is 0.243 e. The minimum absolute atomic E-state index is 0.332. The van der Waals surface area contributed by atoms with Gasteiger partial charge in [0.05, 0.1) is 11.9 Å². The fourth-order valence-electron chi connectivity index (χ4n) is 3.57. The lowest BCUT2D eigenvalue weighted by molar-refractivity contribution is -0.122. The molecule has 1 atom stereocenters. The molecule has 0 fully saturated rings. The minimum Gasteiger partial charge on any atom is -0.350 e. The van der Waals surface area contributed by atoms with Crippen LogP contribution in [0.15, 0.2) is 60.7 Å². The lowest BCUT2D eigenvalue weighted by Gasteiger charge is -2.28. The Balaban J connectivity index is 1.80. The number of benzene rings is 3. The second kappa shape index (κ2) is 8.25. The number of fused-ring (bicyclic) bond motifs is 1. The second-order valence-corrected chi connectivity index (χ2v) is 9.34. The highest BCUT2D eigenvalue weighted by molar-refractivity contribution is 7.92. The Morgan fingerprint density at radius 2 is 1.59 bits per heavy atom. The number of nitrogens with one attached hydrogen (secondary N) is 1. The normalized spacial score (nSPS) is 12.6. The molecule has 0 saturated carbocycles. The van der Waals surface area contributed by atoms with Gasteiger partial charge >= 0.3 is 0 Å². The van der Waals surface area contributed by atoms with Crippen LogP contribution in [-0.2, 0) is 21.4 Å². The number of rotatable bonds is 6. The van der Waals surface area contributed by atoms with Crippen molar-refractivity contribution in [2.75, 3.05) is 10.6 Å². The van der Waals surface area contributed by atoms with E-state index in [2.05, 4.69) is 5.32 Å². The van der Waals surface area contributed by atoms with Crippen molar-refractivity contribution in [1.82, 2.24) is 5.32 Å². The van der Waals surface area contributed by atoms with E-state index in [0.29, 0.717) is 12.2 Å². The highest BCUT2D eigenvalue weighted by Gasteiger charge is 2.29. The maximum absolute atomic E-state index is 12.8. The standard InChI is InChI=1S/C23H26N2O3S/c1-16-11-17(2)13-22(12-16)25(29(4,27)28)18(3)23(26)24-15-19-9-10-20-7-5-6-8-21(20)14-19/h5-14,18H,15H2,1-4H3,(H,24,26)/t18-/m0/s1. The lowest BCUT2D eigenvalue weighted by Crippen LogP contribution is -2.47. The third-order valence-electron chi connectivity index (χ3n) is 4.83. The van der Waals surface area contributed by atoms with E-state index in [4.69, 9.17) is 0 Å². The number of amides is 1. The van der Waals surface area contributed by atoms with Crippen molar-refractivity contribution in [2.24, 2.45) is 0 Å². The molecule has 0 aliphatic carbocycles. The molecule has 0 saturated heterocycles. The van der Waals surface area contributed by atoms with Gasteiger partial charge in [0.2, 0.25) is 15.9 Å². The number of carbonyl (C=O) groups excluding carboxylic acids is 1. The Bertz CT molecular complexity index is 1140. The minimum atomic E-state index is -3.64. The van der Waals surface area contributed by atoms with E-state index in [-0.39, 0.29) is 5.91 Å². The maximum atomic E-state index is 12.8. The van der Waals surface area contributed by atoms with E-state index >= 15 is 0 Å². The molecular weight excluding hydrogens is 384 g/mol. The summed E-state index contributed by atoms with van der Waals surface area (Å²) in [6.07, 6.45) is 1.12. The van der Waals surface area contributed by atoms with Gasteiger partial charge in [-0.25, -0.2) is 8.42 Å². The average Bonchev–Trinajstić information content (AvgIpc) is 2.64. The van der Waals surface area contributed by atoms with E-state index in [1.165, 1.54) is 4.31 Å². The van der Waals surface area contributed by atoms with E-state index in [9.17, 15) is 13.2 Å². The highest BCUT2D eigenvalue weighted by Crippen LogP contribution is 2.24. The van der Waals surface area contributed by atoms with Gasteiger partial charge in [-0.05, 0) is 66.4 Å². The Kier molecular flexibility index (Phi) is 5.94. The number of aryl methyl sites for hydroxylation is 2. The summed E-state index contributed by atoms with van der Waals surface area (Å²) in [6, 6.07) is 18.7. The number of nitrogens with zero attached hydrogens (tertiary/aromatic N) is 1. The van der Waals surface area contributed by atoms with Gasteiger partial charge in [0.25, 0.3) is 0 Å². The quantitative estimate of drug-likeness (QED) is 0.670. The monoisotopic (exact) mass is 410 g/mol. The van der Waals surface area contributed by atoms with Crippen LogP contribution < -0.4 is 9.62 Å². The van der Waals surface area contributed by atoms with E-state index in [1.54, 1.807) is 19.1 Å². The van der Waals surface area contributed by atoms with Gasteiger partial charge in [-0.2, -0.15) is 0 Å². The molecule has 0 heterocycles. The first kappa shape index (κ1) is 20.9. The molecule has 6 heteroatoms. The van der Waals surface area contributed by atoms with Gasteiger partial charge in [0, 0.05) is 6.54 Å². The topological polar surface area (TPSA) is 66.5 Å². The Morgan fingerprint density at radius 1 is 0.966 bits per heavy atom. The van der Waals surface area contributed by atoms with Crippen LogP contribution in [0.1, 0.15) is 23.6 Å². The van der Waals surface area contributed by atoms with Crippen molar-refractivity contribution in [3.8, 4) is 0 Å². The number of sulfonamides is 1. The molecule has 1 amide bonds. The first-order chi connectivity index (χ1) is 13.6. The van der Waals surface area contributed by atoms with Gasteiger partial charge in [-0.15, -0.1) is 0 Å². The molecule has 152 valence electrons. The van der Waals surface area contributed by atoms with Gasteiger partial charge in [0.15, 0.2) is 0 Å². The zero-order chi connectivity index (χ0) is 21.2. The van der Waals surface area contributed by atoms with Crippen molar-refractivity contribution in [3.63, 3.8) is 0 Å². The van der Waals surface area contributed by atoms with Gasteiger partial charge in [0.1, 0.15) is 6.04 Å². The Hall–Kier alpha value is -2.86. The molecule has 0 radical (unpaired) electrons. The first-order valence-electron chi connectivity index (χ1n) is 9.48. The number of hydrogen-bond donors (Lipinski definition) is 1. The number of anilines is 1. The first-order valence-corrected chi connectivity index (χ1v) is 11.3. The molecule has 0 aromatic heterocycles. The molecular formula is C23H26N2O3S. The molecule has 29 heavy (non-hydrogen) atoms. The summed E-state index contributed by atoms with van der Waals surface area (Å²) >= 11 is 0. The fourth-order valence-corrected chi connectivity index (χ4v) is 4.73. The van der Waals surface area contributed by atoms with E-state index in [1.807, 2.05) is 62.4 Å². The average molecular weight is 411 g/mol. The van der Waals surface area contributed by atoms with Crippen molar-refractivity contribution >= 4 is 32.4 Å². The van der Waals surface area contributed by atoms with Crippen LogP contribution >= 0.6 is 0 Å². The zero-order valence-corrected chi connectivity index (χ0v) is 18.0. The molecule has 3 rings (SSSR count). The van der Waals surface area contributed by atoms with Gasteiger partial charge in [-0.3, -0.25) is 9.10 Å². The molecule has 0 bridgehead atoms.